The van der Waals surface area contributed by atoms with Gasteiger partial charge in [-0.25, -0.2) is 4.68 Å². The van der Waals surface area contributed by atoms with Crippen molar-refractivity contribution in [2.75, 3.05) is 11.4 Å². The van der Waals surface area contributed by atoms with Crippen LogP contribution in [-0.4, -0.2) is 26.8 Å². The van der Waals surface area contributed by atoms with Crippen molar-refractivity contribution in [3.05, 3.63) is 69.5 Å². The lowest BCUT2D eigenvalue weighted by atomic mass is 9.90. The number of halogens is 1. The lowest BCUT2D eigenvalue weighted by Crippen LogP contribution is -2.38. The summed E-state index contributed by atoms with van der Waals surface area (Å²) in [4.78, 5) is 2.47. The van der Waals surface area contributed by atoms with Gasteiger partial charge in [0.2, 0.25) is 0 Å². The molecule has 1 saturated carbocycles. The number of benzene rings is 2. The SMILES string of the molecule is Cc1ccc(N2CCc3ccccc3C2c2nnnn2C2CCCCC2)c(Br)c1. The number of rotatable bonds is 3. The zero-order valence-corrected chi connectivity index (χ0v) is 18.3. The summed E-state index contributed by atoms with van der Waals surface area (Å²) in [5.74, 6) is 0.969. The molecule has 150 valence electrons. The fourth-order valence-electron chi connectivity index (χ4n) is 4.92. The maximum absolute atomic E-state index is 4.58. The number of tetrazole rings is 1. The van der Waals surface area contributed by atoms with Gasteiger partial charge in [0, 0.05) is 11.0 Å². The highest BCUT2D eigenvalue weighted by atomic mass is 79.9. The summed E-state index contributed by atoms with van der Waals surface area (Å²) in [5, 5.41) is 13.2. The summed E-state index contributed by atoms with van der Waals surface area (Å²) in [5.41, 5.74) is 5.17. The van der Waals surface area contributed by atoms with Crippen molar-refractivity contribution in [2.45, 2.75) is 57.5 Å². The highest BCUT2D eigenvalue weighted by Crippen LogP contribution is 2.41. The van der Waals surface area contributed by atoms with Crippen LogP contribution in [0.15, 0.2) is 46.9 Å². The molecule has 2 aromatic carbocycles. The second-order valence-corrected chi connectivity index (χ2v) is 9.13. The number of anilines is 1. The first-order valence-corrected chi connectivity index (χ1v) is 11.4. The number of aryl methyl sites for hydroxylation is 1. The van der Waals surface area contributed by atoms with Crippen LogP contribution in [0.25, 0.3) is 0 Å². The Hall–Kier alpha value is -2.21. The van der Waals surface area contributed by atoms with Crippen molar-refractivity contribution in [1.82, 2.24) is 20.2 Å². The summed E-state index contributed by atoms with van der Waals surface area (Å²) in [6.45, 7) is 3.07. The second kappa shape index (κ2) is 7.90. The predicted molar refractivity (Wildman–Crippen MR) is 118 cm³/mol. The average Bonchev–Trinajstić information content (AvgIpc) is 3.23. The maximum Gasteiger partial charge on any atom is 0.178 e. The molecule has 1 aliphatic heterocycles. The molecule has 0 spiro atoms. The van der Waals surface area contributed by atoms with E-state index < -0.39 is 0 Å². The molecule has 0 amide bonds. The van der Waals surface area contributed by atoms with Gasteiger partial charge in [0.05, 0.1) is 11.7 Å². The molecule has 29 heavy (non-hydrogen) atoms. The van der Waals surface area contributed by atoms with Crippen LogP contribution in [0.2, 0.25) is 0 Å². The molecule has 0 saturated heterocycles. The van der Waals surface area contributed by atoms with Gasteiger partial charge in [-0.1, -0.05) is 49.6 Å². The number of fused-ring (bicyclic) bond motifs is 1. The molecule has 1 unspecified atom stereocenters. The van der Waals surface area contributed by atoms with Crippen LogP contribution in [0.1, 0.15) is 66.7 Å². The molecule has 5 nitrogen and oxygen atoms in total. The molecule has 0 N–H and O–H groups in total. The predicted octanol–water partition coefficient (Wildman–Crippen LogP) is 5.40. The Morgan fingerprint density at radius 1 is 1.03 bits per heavy atom. The van der Waals surface area contributed by atoms with Crippen molar-refractivity contribution in [1.29, 1.82) is 0 Å². The van der Waals surface area contributed by atoms with Crippen molar-refractivity contribution >= 4 is 21.6 Å². The van der Waals surface area contributed by atoms with Gasteiger partial charge in [-0.05, 0) is 81.4 Å². The van der Waals surface area contributed by atoms with E-state index in [1.165, 1.54) is 54.5 Å². The maximum atomic E-state index is 4.58. The van der Waals surface area contributed by atoms with E-state index in [0.29, 0.717) is 6.04 Å². The molecular weight excluding hydrogens is 426 g/mol. The average molecular weight is 452 g/mol. The summed E-state index contributed by atoms with van der Waals surface area (Å²) in [6.07, 6.45) is 7.21. The molecule has 2 aliphatic rings. The zero-order chi connectivity index (χ0) is 19.8. The van der Waals surface area contributed by atoms with E-state index in [9.17, 15) is 0 Å². The van der Waals surface area contributed by atoms with E-state index in [0.717, 1.165) is 23.3 Å². The van der Waals surface area contributed by atoms with E-state index in [2.05, 4.69) is 90.4 Å². The Balaban J connectivity index is 1.63. The number of nitrogens with zero attached hydrogens (tertiary/aromatic N) is 5. The summed E-state index contributed by atoms with van der Waals surface area (Å²) >= 11 is 3.81. The van der Waals surface area contributed by atoms with Crippen LogP contribution in [0, 0.1) is 6.92 Å². The first-order chi connectivity index (χ1) is 14.2. The number of aromatic nitrogens is 4. The topological polar surface area (TPSA) is 46.8 Å². The fraction of sp³-hybridized carbons (Fsp3) is 0.435. The molecular formula is C23H26BrN5. The lowest BCUT2D eigenvalue weighted by Gasteiger charge is -2.39. The van der Waals surface area contributed by atoms with Gasteiger partial charge in [-0.15, -0.1) is 5.10 Å². The summed E-state index contributed by atoms with van der Waals surface area (Å²) in [6, 6.07) is 15.8. The first-order valence-electron chi connectivity index (χ1n) is 10.6. The third-order valence-corrected chi connectivity index (χ3v) is 7.01. The fourth-order valence-corrected chi connectivity index (χ4v) is 5.64. The van der Waals surface area contributed by atoms with Gasteiger partial charge >= 0.3 is 0 Å². The molecule has 1 aliphatic carbocycles. The molecule has 3 aromatic rings. The normalized spacial score (nSPS) is 19.9. The third-order valence-electron chi connectivity index (χ3n) is 6.38. The minimum Gasteiger partial charge on any atom is -0.356 e. The van der Waals surface area contributed by atoms with Crippen molar-refractivity contribution in [2.24, 2.45) is 0 Å². The highest BCUT2D eigenvalue weighted by Gasteiger charge is 2.35. The summed E-state index contributed by atoms with van der Waals surface area (Å²) in [7, 11) is 0. The van der Waals surface area contributed by atoms with E-state index in [1.54, 1.807) is 0 Å². The van der Waals surface area contributed by atoms with Crippen molar-refractivity contribution < 1.29 is 0 Å². The molecule has 2 heterocycles. The second-order valence-electron chi connectivity index (χ2n) is 8.27. The minimum atomic E-state index is 0.0240. The standard InChI is InChI=1S/C23H26BrN5/c1-16-11-12-21(20(24)15-16)28-14-13-17-7-5-6-10-19(17)22(28)23-25-26-27-29(23)18-8-3-2-4-9-18/h5-7,10-12,15,18,22H,2-4,8-9,13-14H2,1H3. The Kier molecular flexibility index (Phi) is 5.12. The van der Waals surface area contributed by atoms with Crippen molar-refractivity contribution in [3.8, 4) is 0 Å². The Bertz CT molecular complexity index is 1010. The van der Waals surface area contributed by atoms with Crippen LogP contribution in [0.3, 0.4) is 0 Å². The lowest BCUT2D eigenvalue weighted by molar-refractivity contribution is 0.313. The van der Waals surface area contributed by atoms with E-state index in [-0.39, 0.29) is 6.04 Å². The number of hydrogen-bond acceptors (Lipinski definition) is 4. The highest BCUT2D eigenvalue weighted by molar-refractivity contribution is 9.10. The van der Waals surface area contributed by atoms with Crippen molar-refractivity contribution in [3.63, 3.8) is 0 Å². The minimum absolute atomic E-state index is 0.0240. The van der Waals surface area contributed by atoms with Crippen LogP contribution in [0.4, 0.5) is 5.69 Å². The Morgan fingerprint density at radius 2 is 1.86 bits per heavy atom. The summed E-state index contributed by atoms with van der Waals surface area (Å²) < 4.78 is 3.25. The Labute approximate surface area is 180 Å². The molecule has 0 radical (unpaired) electrons. The van der Waals surface area contributed by atoms with Gasteiger partial charge in [-0.2, -0.15) is 0 Å². The van der Waals surface area contributed by atoms with Gasteiger partial charge in [0.25, 0.3) is 0 Å². The van der Waals surface area contributed by atoms with Crippen LogP contribution >= 0.6 is 15.9 Å². The number of hydrogen-bond donors (Lipinski definition) is 0. The molecule has 1 aromatic heterocycles. The zero-order valence-electron chi connectivity index (χ0n) is 16.8. The molecule has 1 atom stereocenters. The van der Waals surface area contributed by atoms with E-state index >= 15 is 0 Å². The largest absolute Gasteiger partial charge is 0.356 e. The molecule has 5 rings (SSSR count). The molecule has 1 fully saturated rings. The van der Waals surface area contributed by atoms with Crippen LogP contribution < -0.4 is 4.90 Å². The first kappa shape index (κ1) is 18.8. The van der Waals surface area contributed by atoms with E-state index in [1.807, 2.05) is 0 Å². The smallest absolute Gasteiger partial charge is 0.178 e. The third kappa shape index (κ3) is 3.48. The van der Waals surface area contributed by atoms with Gasteiger partial charge < -0.3 is 4.90 Å². The van der Waals surface area contributed by atoms with Gasteiger partial charge in [0.1, 0.15) is 6.04 Å². The molecule has 6 heteroatoms. The monoisotopic (exact) mass is 451 g/mol. The van der Waals surface area contributed by atoms with Gasteiger partial charge in [0.15, 0.2) is 5.82 Å². The van der Waals surface area contributed by atoms with Crippen LogP contribution in [0.5, 0.6) is 0 Å². The van der Waals surface area contributed by atoms with E-state index in [4.69, 9.17) is 0 Å². The molecule has 0 bridgehead atoms. The quantitative estimate of drug-likeness (QED) is 0.534. The van der Waals surface area contributed by atoms with Gasteiger partial charge in [-0.3, -0.25) is 0 Å². The Morgan fingerprint density at radius 3 is 2.69 bits per heavy atom. The van der Waals surface area contributed by atoms with Crippen LogP contribution in [-0.2, 0) is 6.42 Å².